The number of aromatic nitrogens is 16. The first kappa shape index (κ1) is 63.4. The van der Waals surface area contributed by atoms with Crippen LogP contribution in [0.5, 0.6) is 0 Å². The van der Waals surface area contributed by atoms with Crippen molar-refractivity contribution in [3.63, 3.8) is 0 Å². The Morgan fingerprint density at radius 2 is 0.375 bits per heavy atom. The van der Waals surface area contributed by atoms with Crippen molar-refractivity contribution in [1.29, 1.82) is 0 Å². The molecule has 512 valence electrons. The van der Waals surface area contributed by atoms with Crippen LogP contribution in [0.25, 0.3) is 206 Å². The van der Waals surface area contributed by atoms with Crippen LogP contribution < -0.4 is 42.3 Å². The van der Waals surface area contributed by atoms with E-state index in [1.807, 2.05) is 243 Å². The molecule has 16 heteroatoms. The molecule has 20 heterocycles. The van der Waals surface area contributed by atoms with E-state index in [2.05, 4.69) is 132 Å². The minimum atomic E-state index is 0.600. The summed E-state index contributed by atoms with van der Waals surface area (Å²) in [6, 6.07) is 55.9. The standard InChI is InChI=1S/C96H48N16/c1-2-10-58-34-82-46-74-26-18-66(98-74)42-68-20-28-76(100-68)48-84-36-60(92(108-84)54-90(58)106-82)12-5-6-14-62-38-86-50-78-30-22-70(102-78)44-72-24-32-80(104-72)52-88-40-64(96(112-88)56-94(62)110-86)16-8-7-15-63-39-87-51-79-31-23-71(103-79)43-69-21-29-77(101-69)49-85-37-61(93(109-85)55-95(63)111-87)13-4-3-11-59-35-83-47-75-27-19-67(99-75)41-65-17-25-73(97-65)45-81-33-57(9-1)89(105-81)53-91(59)107-83/h17-56,97-98,101-102,107-108,111-112H. The van der Waals surface area contributed by atoms with E-state index in [4.69, 9.17) is 39.9 Å². The summed E-state index contributed by atoms with van der Waals surface area (Å²) in [6.45, 7) is 0. The molecule has 21 rings (SSSR count). The lowest BCUT2D eigenvalue weighted by Crippen LogP contribution is -1.98. The van der Waals surface area contributed by atoms with E-state index in [1.165, 1.54) is 0 Å². The van der Waals surface area contributed by atoms with Gasteiger partial charge < -0.3 is 39.9 Å². The van der Waals surface area contributed by atoms with Gasteiger partial charge in [0.15, 0.2) is 0 Å². The van der Waals surface area contributed by atoms with E-state index in [0.717, 1.165) is 112 Å². The van der Waals surface area contributed by atoms with Crippen molar-refractivity contribution in [1.82, 2.24) is 79.7 Å². The number of aromatic amines is 8. The maximum Gasteiger partial charge on any atom is 0.0815 e. The summed E-state index contributed by atoms with van der Waals surface area (Å²) in [6.07, 6.45) is 23.8. The number of nitrogens with zero attached hydrogens (tertiary/aromatic N) is 8. The van der Waals surface area contributed by atoms with Gasteiger partial charge in [-0.05, 0) is 289 Å². The van der Waals surface area contributed by atoms with Crippen LogP contribution in [-0.4, -0.2) is 79.7 Å². The lowest BCUT2D eigenvalue weighted by Gasteiger charge is -1.88. The van der Waals surface area contributed by atoms with Gasteiger partial charge in [-0.2, -0.15) is 0 Å². The van der Waals surface area contributed by atoms with Gasteiger partial charge in [0.05, 0.1) is 155 Å². The largest absolute Gasteiger partial charge is 0.355 e. The SMILES string of the molecule is C1=C=C=C2C=c3cc4ccc(cc5nc(cc6cc(c(cc2n3)[nH]6)=C=C=C=C=C2C=c3cc6ccc(cc7nc(cc8cc(c(cc2n3)[nH]8)=C=C=C=C=c2cc3cc8nc(cc9ccc(cc%10nc(cc2[nH]3)C(=C=C=C=C=c2cc3cc%11nc(cc%12ccc(cc%13nc(cc2[nH]3)C(=C=1)C=%13)[nH]%12)C=C%11)C=%10)[nH]9)C=C8)C=C7)[nH]6)C=C5)[nH]4. The minimum absolute atomic E-state index is 0.600. The minimum Gasteiger partial charge on any atom is -0.355 e. The average Bonchev–Trinajstić information content (AvgIpc) is 1.66. The Morgan fingerprint density at radius 1 is 0.179 bits per heavy atom. The second-order valence-electron chi connectivity index (χ2n) is 27.1. The molecule has 0 aromatic carbocycles. The van der Waals surface area contributed by atoms with Crippen LogP contribution in [0, 0.1) is 0 Å². The predicted octanol–water partition coefficient (Wildman–Crippen LogP) is 12.8. The Morgan fingerprint density at radius 3 is 0.598 bits per heavy atom. The molecule has 112 heavy (non-hydrogen) atoms. The second kappa shape index (κ2) is 26.5. The fourth-order valence-electron chi connectivity index (χ4n) is 14.0. The van der Waals surface area contributed by atoms with Crippen molar-refractivity contribution in [2.75, 3.05) is 0 Å². The van der Waals surface area contributed by atoms with E-state index < -0.39 is 0 Å². The van der Waals surface area contributed by atoms with E-state index in [-0.39, 0.29) is 0 Å². The first-order valence-electron chi connectivity index (χ1n) is 35.7. The van der Waals surface area contributed by atoms with Crippen LogP contribution in [0.1, 0.15) is 68.3 Å². The van der Waals surface area contributed by atoms with Crippen molar-refractivity contribution in [3.8, 4) is 0 Å². The van der Waals surface area contributed by atoms with Crippen LogP contribution >= 0.6 is 0 Å². The number of allylic oxidation sites excluding steroid dienone is 4. The third kappa shape index (κ3) is 13.3. The summed E-state index contributed by atoms with van der Waals surface area (Å²) in [7, 11) is 0. The Hall–Kier alpha value is -17.1. The van der Waals surface area contributed by atoms with Gasteiger partial charge in [0.1, 0.15) is 0 Å². The monoisotopic (exact) mass is 1420 g/mol. The molecule has 32 bridgehead atoms. The molecule has 0 saturated heterocycles. The molecule has 0 saturated carbocycles. The molecule has 0 radical (unpaired) electrons. The fraction of sp³-hybridized carbons (Fsp3) is 0. The molecular weight excluding hydrogens is 1380 g/mol. The van der Waals surface area contributed by atoms with E-state index in [9.17, 15) is 0 Å². The van der Waals surface area contributed by atoms with Crippen LogP contribution in [0.3, 0.4) is 0 Å². The molecular formula is C96H48N16. The Labute approximate surface area is 631 Å². The van der Waals surface area contributed by atoms with Gasteiger partial charge in [-0.3, -0.25) is 0 Å². The number of hydrogen-bond acceptors (Lipinski definition) is 8. The molecule has 12 aromatic heterocycles. The molecule has 9 aliphatic rings. The summed E-state index contributed by atoms with van der Waals surface area (Å²) in [5.74, 6) is 0. The predicted molar refractivity (Wildman–Crippen MR) is 444 cm³/mol. The first-order valence-corrected chi connectivity index (χ1v) is 35.7. The molecule has 0 fully saturated rings. The zero-order chi connectivity index (χ0) is 74.0. The summed E-state index contributed by atoms with van der Waals surface area (Å²) in [4.78, 5) is 68.9. The van der Waals surface area contributed by atoms with Crippen LogP contribution in [-0.2, 0) is 0 Å². The van der Waals surface area contributed by atoms with Crippen LogP contribution in [0.4, 0.5) is 0 Å². The van der Waals surface area contributed by atoms with Gasteiger partial charge in [-0.15, -0.1) is 0 Å². The van der Waals surface area contributed by atoms with Gasteiger partial charge in [0.2, 0.25) is 0 Å². The summed E-state index contributed by atoms with van der Waals surface area (Å²) >= 11 is 0. The van der Waals surface area contributed by atoms with E-state index >= 15 is 0 Å². The fourth-order valence-corrected chi connectivity index (χ4v) is 14.0. The Bertz CT molecular complexity index is 8120. The number of rotatable bonds is 0. The normalized spacial score (nSPS) is 13.1. The molecule has 12 aromatic rings. The van der Waals surface area contributed by atoms with Gasteiger partial charge in [0.25, 0.3) is 0 Å². The van der Waals surface area contributed by atoms with E-state index in [1.54, 1.807) is 0 Å². The van der Waals surface area contributed by atoms with Gasteiger partial charge in [-0.1, -0.05) is 45.8 Å². The molecule has 1 aliphatic carbocycles. The number of fused-ring (bicyclic) bond motifs is 24. The second-order valence-corrected chi connectivity index (χ2v) is 27.1. The van der Waals surface area contributed by atoms with Crippen molar-refractivity contribution in [2.24, 2.45) is 0 Å². The maximum atomic E-state index is 5.18. The average molecular weight is 1430 g/mol. The lowest BCUT2D eigenvalue weighted by atomic mass is 10.2. The molecule has 8 aliphatic heterocycles. The first-order chi connectivity index (χ1) is 55.1. The van der Waals surface area contributed by atoms with Crippen molar-refractivity contribution in [2.45, 2.75) is 0 Å². The number of nitrogens with one attached hydrogen (secondary N) is 8. The summed E-state index contributed by atoms with van der Waals surface area (Å²) in [5, 5.41) is 5.43. The van der Waals surface area contributed by atoms with Crippen LogP contribution in [0.15, 0.2) is 239 Å². The van der Waals surface area contributed by atoms with Crippen LogP contribution in [0.2, 0.25) is 0 Å². The molecule has 16 nitrogen and oxygen atoms in total. The molecule has 0 amide bonds. The van der Waals surface area contributed by atoms with Gasteiger partial charge in [0, 0.05) is 66.2 Å². The van der Waals surface area contributed by atoms with Gasteiger partial charge in [-0.25, -0.2) is 39.9 Å². The zero-order valence-electron chi connectivity index (χ0n) is 58.7. The topological polar surface area (TPSA) is 229 Å². The third-order valence-corrected chi connectivity index (χ3v) is 19.0. The van der Waals surface area contributed by atoms with Crippen molar-refractivity contribution < 1.29 is 0 Å². The molecule has 0 atom stereocenters. The van der Waals surface area contributed by atoms with Gasteiger partial charge >= 0.3 is 0 Å². The third-order valence-electron chi connectivity index (χ3n) is 19.0. The Balaban J connectivity index is 0.881. The summed E-state index contributed by atoms with van der Waals surface area (Å²) < 4.78 is 0. The highest BCUT2D eigenvalue weighted by atomic mass is 14.8. The molecule has 8 N–H and O–H groups in total. The molecule has 0 spiro atoms. The Kier molecular flexibility index (Phi) is 15.0. The zero-order valence-corrected chi connectivity index (χ0v) is 58.7. The van der Waals surface area contributed by atoms with Crippen molar-refractivity contribution in [3.05, 3.63) is 349 Å². The lowest BCUT2D eigenvalue weighted by molar-refractivity contribution is 1.28. The highest BCUT2D eigenvalue weighted by Gasteiger charge is 2.13. The highest BCUT2D eigenvalue weighted by Crippen LogP contribution is 2.23. The quantitative estimate of drug-likeness (QED) is 0.0679. The molecule has 0 unspecified atom stereocenters. The highest BCUT2D eigenvalue weighted by molar-refractivity contribution is 5.93. The van der Waals surface area contributed by atoms with Crippen molar-refractivity contribution >= 4 is 206 Å². The number of H-pyrrole nitrogens is 8. The van der Waals surface area contributed by atoms with E-state index in [0.29, 0.717) is 109 Å². The maximum absolute atomic E-state index is 5.18. The summed E-state index contributed by atoms with van der Waals surface area (Å²) in [5.41, 5.74) is 76.7. The number of hydrogen-bond donors (Lipinski definition) is 8. The smallest absolute Gasteiger partial charge is 0.0815 e.